The van der Waals surface area contributed by atoms with Gasteiger partial charge in [0, 0.05) is 133 Å². The molecule has 1 fully saturated rings. The van der Waals surface area contributed by atoms with Gasteiger partial charge in [-0.3, -0.25) is 67.2 Å². The molecule has 7 unspecified atom stereocenters. The number of nitrogens with two attached hydrogens (primary N) is 3. The number of amides is 13. The fourth-order valence-corrected chi connectivity index (χ4v) is 12.6. The van der Waals surface area contributed by atoms with Crippen molar-refractivity contribution in [3.8, 4) is 0 Å². The third-order valence-electron chi connectivity index (χ3n) is 19.2. The number of imide groups is 1. The van der Waals surface area contributed by atoms with E-state index in [-0.39, 0.29) is 172 Å². The Morgan fingerprint density at radius 3 is 1.03 bits per heavy atom. The predicted octanol–water partition coefficient (Wildman–Crippen LogP) is 7.48. The smallest absolute Gasteiger partial charge is 0.312 e. The summed E-state index contributed by atoms with van der Waals surface area (Å²) in [5.41, 5.74) is 19.2. The molecule has 0 bridgehead atoms. The number of esters is 3. The van der Waals surface area contributed by atoms with Crippen LogP contribution in [0.5, 0.6) is 0 Å². The van der Waals surface area contributed by atoms with Crippen molar-refractivity contribution in [1.29, 1.82) is 0 Å². The first kappa shape index (κ1) is 108. The van der Waals surface area contributed by atoms with E-state index in [2.05, 4.69) is 47.9 Å². The highest BCUT2D eigenvalue weighted by molar-refractivity contribution is 6.03. The molecule has 0 saturated carbocycles. The van der Waals surface area contributed by atoms with E-state index in [1.54, 1.807) is 86.8 Å². The molecule has 3 aromatic carbocycles. The van der Waals surface area contributed by atoms with E-state index in [0.29, 0.717) is 128 Å². The lowest BCUT2D eigenvalue weighted by molar-refractivity contribution is -0.143. The lowest BCUT2D eigenvalue weighted by atomic mass is 9.89. The summed E-state index contributed by atoms with van der Waals surface area (Å²) in [6, 6.07) is 16.6. The van der Waals surface area contributed by atoms with E-state index in [1.165, 1.54) is 25.7 Å². The number of unbranched alkanes of at least 4 members (excludes halogenated alkanes) is 2. The number of primary amides is 3. The van der Waals surface area contributed by atoms with E-state index >= 15 is 0 Å². The number of anilines is 3. The third-order valence-corrected chi connectivity index (χ3v) is 19.2. The molecule has 123 heavy (non-hydrogen) atoms. The van der Waals surface area contributed by atoms with Gasteiger partial charge in [0.1, 0.15) is 19.8 Å². The topological polar surface area (TPSA) is 527 Å². The van der Waals surface area contributed by atoms with Gasteiger partial charge in [-0.15, -0.1) is 0 Å². The Balaban J connectivity index is 0.000000639. The average Bonchev–Trinajstić information content (AvgIpc) is 1.66. The van der Waals surface area contributed by atoms with Crippen molar-refractivity contribution >= 4 is 112 Å². The molecule has 1 saturated heterocycles. The number of rotatable bonds is 59. The zero-order valence-electron chi connectivity index (χ0n) is 73.7. The molecule has 13 amide bonds. The van der Waals surface area contributed by atoms with E-state index in [4.69, 9.17) is 50.4 Å². The number of ether oxygens (including phenoxy) is 7. The highest BCUT2D eigenvalue weighted by atomic mass is 16.6. The number of urea groups is 3. The summed E-state index contributed by atoms with van der Waals surface area (Å²) in [6.45, 7) is 24.0. The fourth-order valence-electron chi connectivity index (χ4n) is 12.6. The molecule has 1 heterocycles. The van der Waals surface area contributed by atoms with Gasteiger partial charge >= 0.3 is 36.0 Å². The van der Waals surface area contributed by atoms with Gasteiger partial charge in [-0.1, -0.05) is 98.2 Å². The first-order valence-electron chi connectivity index (χ1n) is 42.1. The molecule has 4 rings (SSSR count). The summed E-state index contributed by atoms with van der Waals surface area (Å²) >= 11 is 0. The number of hydrogen-bond acceptors (Lipinski definition) is 24. The predicted molar refractivity (Wildman–Crippen MR) is 460 cm³/mol. The maximum Gasteiger partial charge on any atom is 0.312 e. The van der Waals surface area contributed by atoms with Crippen LogP contribution < -0.4 is 65.1 Å². The molecule has 3 aromatic rings. The lowest BCUT2D eigenvalue weighted by Crippen LogP contribution is -2.45. The van der Waals surface area contributed by atoms with Gasteiger partial charge in [-0.2, -0.15) is 0 Å². The van der Waals surface area contributed by atoms with Crippen LogP contribution in [0.4, 0.5) is 31.4 Å². The summed E-state index contributed by atoms with van der Waals surface area (Å²) in [7, 11) is 1.73. The Bertz CT molecular complexity index is 3790. The Morgan fingerprint density at radius 2 is 0.740 bits per heavy atom. The molecule has 0 radical (unpaired) electrons. The Hall–Kier alpha value is -10.8. The van der Waals surface area contributed by atoms with Gasteiger partial charge in [0.05, 0.1) is 64.4 Å². The average molecular weight is 1730 g/mol. The number of likely N-dealkylation sites (N-methyl/N-ethyl adjacent to an activating group) is 1. The van der Waals surface area contributed by atoms with E-state index in [0.717, 1.165) is 29.7 Å². The molecule has 36 heteroatoms. The van der Waals surface area contributed by atoms with Crippen molar-refractivity contribution in [2.45, 2.75) is 217 Å². The standard InChI is InChI=1S/C33H54N4O10.C32H47N5O8.C22H34N4O5/c1-5-14-43-16-18-45-20-21-46-19-17-44-15-12-30(40)37-31(24(2)3)29(39)22-27(7-6-13-35-33(34)42)32(41)36-28-10-8-26(9-11-28)23-47-25(4)38;1-20(2)29(36-27(40)10-6-5-7-16-37-28(41)17-21(3)31(37)43)26(39)18-24(9-8-15-34-32(33)44)30(42)35-25-13-11-23(12-14-25)19-45-22(4)38;1-14(2)20(24-4)19(28)12-17(6-5-11-25-22(23)30)21(29)26-18-9-7-16(8-10-18)13-31-15(3)27/h8-11,24,27,31H,5-7,12-23H2,1-4H3,(H,36,41)(H,37,40)(H3,34,35,42);11-14,20-21,24,29H,5-10,15-19H2,1-4H3,(H,35,42)(H,36,40)(H3,33,34,44);7-10,14,17,20,24H,5-6,11-13H2,1-4H3,(H,26,29)(H3,23,25,30). The number of carbonyl (C=O) groups is 16. The largest absolute Gasteiger partial charge is 0.461 e. The van der Waals surface area contributed by atoms with Crippen LogP contribution in [0.25, 0.3) is 0 Å². The minimum Gasteiger partial charge on any atom is -0.461 e. The Morgan fingerprint density at radius 1 is 0.423 bits per heavy atom. The number of carbonyl (C=O) groups excluding carboxylic acids is 16. The maximum absolute atomic E-state index is 13.4. The summed E-state index contributed by atoms with van der Waals surface area (Å²) in [4.78, 5) is 196. The Labute approximate surface area is 722 Å². The molecule has 0 aliphatic carbocycles. The summed E-state index contributed by atoms with van der Waals surface area (Å²) < 4.78 is 36.6. The quantitative estimate of drug-likeness (QED) is 0.0113. The van der Waals surface area contributed by atoms with Crippen molar-refractivity contribution in [3.63, 3.8) is 0 Å². The van der Waals surface area contributed by atoms with Crippen molar-refractivity contribution in [1.82, 2.24) is 36.8 Å². The van der Waals surface area contributed by atoms with Crippen LogP contribution in [0.15, 0.2) is 72.8 Å². The molecule has 0 aromatic heterocycles. The van der Waals surface area contributed by atoms with Crippen molar-refractivity contribution in [3.05, 3.63) is 89.5 Å². The zero-order valence-corrected chi connectivity index (χ0v) is 73.7. The highest BCUT2D eigenvalue weighted by Gasteiger charge is 2.36. The molecule has 0 spiro atoms. The molecule has 686 valence electrons. The van der Waals surface area contributed by atoms with Crippen molar-refractivity contribution in [2.24, 2.45) is 58.6 Å². The second kappa shape index (κ2) is 62.3. The second-order valence-corrected chi connectivity index (χ2v) is 30.9. The summed E-state index contributed by atoms with van der Waals surface area (Å²) in [6.07, 6.45) is 5.46. The van der Waals surface area contributed by atoms with Gasteiger partial charge in [0.2, 0.25) is 41.4 Å². The van der Waals surface area contributed by atoms with Crippen LogP contribution in [-0.4, -0.2) is 204 Å². The second-order valence-electron chi connectivity index (χ2n) is 30.9. The number of hydrogen-bond donors (Lipinski definition) is 12. The molecule has 7 atom stereocenters. The zero-order chi connectivity index (χ0) is 91.8. The minimum atomic E-state index is -0.794. The number of nitrogens with one attached hydrogen (secondary N) is 9. The molecular weight excluding hydrogens is 1600 g/mol. The maximum atomic E-state index is 13.4. The minimum absolute atomic E-state index is 0.0303. The van der Waals surface area contributed by atoms with E-state index in [1.807, 2.05) is 48.5 Å². The number of benzene rings is 3. The fraction of sp³-hybridized carbons (Fsp3) is 0.609. The molecule has 36 nitrogen and oxygen atoms in total. The van der Waals surface area contributed by atoms with Crippen LogP contribution in [0.1, 0.15) is 196 Å². The van der Waals surface area contributed by atoms with Gasteiger partial charge < -0.3 is 98.2 Å². The normalized spacial score (nSPS) is 13.7. The van der Waals surface area contributed by atoms with Gasteiger partial charge in [-0.25, -0.2) is 14.4 Å². The van der Waals surface area contributed by atoms with Crippen LogP contribution in [0.3, 0.4) is 0 Å². The van der Waals surface area contributed by atoms with Gasteiger partial charge in [0.15, 0.2) is 17.3 Å². The Kier molecular flexibility index (Phi) is 54.8. The van der Waals surface area contributed by atoms with Crippen LogP contribution in [0, 0.1) is 41.4 Å². The van der Waals surface area contributed by atoms with E-state index in [9.17, 15) is 76.7 Å². The van der Waals surface area contributed by atoms with Crippen molar-refractivity contribution < 1.29 is 110 Å². The molecular formula is C87H135N13O23. The molecule has 1 aliphatic rings. The monoisotopic (exact) mass is 1730 g/mol. The van der Waals surface area contributed by atoms with Gasteiger partial charge in [-0.05, 0) is 136 Å². The van der Waals surface area contributed by atoms with Gasteiger partial charge in [0.25, 0.3) is 0 Å². The first-order valence-corrected chi connectivity index (χ1v) is 42.1. The lowest BCUT2D eigenvalue weighted by Gasteiger charge is -2.24. The SMILES string of the molecule is CC(=O)OCc1ccc(NC(=O)C(CCCNC(N)=O)CC(=O)C(NC(=O)CCCCCN2C(=O)CC(C)C2=O)C(C)C)cc1.CCCOCCOCCOCCOCCC(=O)NC(C(=O)CC(CCCNC(N)=O)C(=O)Nc1ccc(COC(C)=O)cc1)C(C)C.CNC(C(=O)CC(CCCNC(N)=O)C(=O)Nc1ccc(COC(C)=O)cc1)C(C)C. The number of likely N-dealkylation sites (tertiary alicyclic amines) is 1. The molecule has 15 N–H and O–H groups in total. The summed E-state index contributed by atoms with van der Waals surface area (Å²) in [5.74, 6) is -6.32. The highest BCUT2D eigenvalue weighted by Crippen LogP contribution is 2.25. The summed E-state index contributed by atoms with van der Waals surface area (Å²) in [5, 5.41) is 24.6. The number of nitrogens with zero attached hydrogens (tertiary/aromatic N) is 1. The first-order chi connectivity index (χ1) is 58.4. The number of ketones is 3. The molecule has 1 aliphatic heterocycles. The van der Waals surface area contributed by atoms with Crippen LogP contribution >= 0.6 is 0 Å². The van der Waals surface area contributed by atoms with Crippen molar-refractivity contribution in [2.75, 3.05) is 102 Å². The van der Waals surface area contributed by atoms with Crippen LogP contribution in [0.2, 0.25) is 0 Å². The number of Topliss-reactive ketones (excluding diaryl/α,β-unsaturated/α-hetero) is 3. The third kappa shape index (κ3) is 49.2. The van der Waals surface area contributed by atoms with E-state index < -0.39 is 59.9 Å². The van der Waals surface area contributed by atoms with Crippen LogP contribution in [-0.2, 0) is 115 Å².